The predicted octanol–water partition coefficient (Wildman–Crippen LogP) is 1.62. The summed E-state index contributed by atoms with van der Waals surface area (Å²) in [5.41, 5.74) is 1.11. The van der Waals surface area contributed by atoms with E-state index in [2.05, 4.69) is 5.32 Å². The number of amides is 2. The molecule has 4 nitrogen and oxygen atoms in total. The van der Waals surface area contributed by atoms with Gasteiger partial charge in [0.1, 0.15) is 6.04 Å². The van der Waals surface area contributed by atoms with Crippen LogP contribution < -0.4 is 5.32 Å². The Morgan fingerprint density at radius 2 is 2.00 bits per heavy atom. The van der Waals surface area contributed by atoms with Crippen molar-refractivity contribution in [2.45, 2.75) is 25.8 Å². The third-order valence-corrected chi connectivity index (χ3v) is 3.52. The number of carbonyl (C=O) groups is 2. The summed E-state index contributed by atoms with van der Waals surface area (Å²) < 4.78 is 0. The Bertz CT molecular complexity index is 473. The van der Waals surface area contributed by atoms with Crippen LogP contribution in [0, 0.1) is 0 Å². The number of rotatable bonds is 4. The summed E-state index contributed by atoms with van der Waals surface area (Å²) in [5, 5.41) is 3.40. The van der Waals surface area contributed by atoms with Gasteiger partial charge < -0.3 is 10.2 Å². The molecule has 0 aromatic heterocycles. The summed E-state index contributed by atoms with van der Waals surface area (Å²) in [7, 11) is 0. The minimum Gasteiger partial charge on any atom is -0.343 e. The topological polar surface area (TPSA) is 49.4 Å². The van der Waals surface area contributed by atoms with Crippen LogP contribution in [0.2, 0.25) is 5.02 Å². The molecule has 2 rings (SSSR count). The summed E-state index contributed by atoms with van der Waals surface area (Å²) in [4.78, 5) is 25.2. The number of hydrogen-bond acceptors (Lipinski definition) is 2. The first-order valence-corrected chi connectivity index (χ1v) is 6.80. The zero-order valence-electron chi connectivity index (χ0n) is 10.9. The third kappa shape index (κ3) is 3.47. The smallest absolute Gasteiger partial charge is 0.245 e. The van der Waals surface area contributed by atoms with Crippen LogP contribution in [0.25, 0.3) is 0 Å². The Hall–Kier alpha value is -1.55. The third-order valence-electron chi connectivity index (χ3n) is 3.27. The van der Waals surface area contributed by atoms with Crippen LogP contribution in [-0.4, -0.2) is 35.8 Å². The lowest BCUT2D eigenvalue weighted by Gasteiger charge is -2.32. The number of nitrogens with zero attached hydrogens (tertiary/aromatic N) is 1. The maximum atomic E-state index is 12.1. The molecule has 0 radical (unpaired) electrons. The first-order chi connectivity index (χ1) is 9.10. The molecule has 1 fully saturated rings. The van der Waals surface area contributed by atoms with E-state index in [1.165, 1.54) is 0 Å². The average Bonchev–Trinajstić information content (AvgIpc) is 2.41. The molecule has 1 aromatic rings. The molecule has 19 heavy (non-hydrogen) atoms. The maximum Gasteiger partial charge on any atom is 0.245 e. The van der Waals surface area contributed by atoms with Gasteiger partial charge >= 0.3 is 0 Å². The van der Waals surface area contributed by atoms with Crippen molar-refractivity contribution >= 4 is 23.4 Å². The second-order valence-electron chi connectivity index (χ2n) is 4.66. The van der Waals surface area contributed by atoms with Gasteiger partial charge in [-0.1, -0.05) is 30.7 Å². The van der Waals surface area contributed by atoms with Crippen LogP contribution in [0.4, 0.5) is 0 Å². The van der Waals surface area contributed by atoms with Crippen LogP contribution >= 0.6 is 11.6 Å². The lowest BCUT2D eigenvalue weighted by molar-refractivity contribution is -0.144. The Kier molecular flexibility index (Phi) is 4.43. The highest BCUT2D eigenvalue weighted by Gasteiger charge is 2.30. The Morgan fingerprint density at radius 1 is 1.32 bits per heavy atom. The zero-order chi connectivity index (χ0) is 13.8. The van der Waals surface area contributed by atoms with E-state index in [-0.39, 0.29) is 24.4 Å². The van der Waals surface area contributed by atoms with Crippen LogP contribution in [0.5, 0.6) is 0 Å². The van der Waals surface area contributed by atoms with Gasteiger partial charge in [-0.25, -0.2) is 0 Å². The molecule has 1 aliphatic rings. The van der Waals surface area contributed by atoms with E-state index in [9.17, 15) is 9.59 Å². The molecule has 0 bridgehead atoms. The second-order valence-corrected chi connectivity index (χ2v) is 5.10. The lowest BCUT2D eigenvalue weighted by Crippen LogP contribution is -2.58. The molecule has 1 aromatic carbocycles. The standard InChI is InChI=1S/C14H17ClN2O2/c1-2-12-14(19)17(9-13(18)16-12)8-7-10-3-5-11(15)6-4-10/h3-6,12H,2,7-9H2,1H3,(H,16,18). The fourth-order valence-corrected chi connectivity index (χ4v) is 2.28. The fourth-order valence-electron chi connectivity index (χ4n) is 2.15. The van der Waals surface area contributed by atoms with Crippen molar-refractivity contribution in [1.82, 2.24) is 10.2 Å². The molecule has 1 atom stereocenters. The molecule has 0 spiro atoms. The molecule has 1 heterocycles. The summed E-state index contributed by atoms with van der Waals surface area (Å²) in [6.45, 7) is 2.61. The fraction of sp³-hybridized carbons (Fsp3) is 0.429. The largest absolute Gasteiger partial charge is 0.343 e. The number of hydrogen-bond donors (Lipinski definition) is 1. The quantitative estimate of drug-likeness (QED) is 0.911. The Balaban J connectivity index is 1.96. The highest BCUT2D eigenvalue weighted by atomic mass is 35.5. The number of nitrogens with one attached hydrogen (secondary N) is 1. The lowest BCUT2D eigenvalue weighted by atomic mass is 10.1. The van der Waals surface area contributed by atoms with Gasteiger partial charge in [0.15, 0.2) is 0 Å². The van der Waals surface area contributed by atoms with Crippen LogP contribution in [-0.2, 0) is 16.0 Å². The van der Waals surface area contributed by atoms with Crippen molar-refractivity contribution in [2.75, 3.05) is 13.1 Å². The SMILES string of the molecule is CCC1NC(=O)CN(CCc2ccc(Cl)cc2)C1=O. The highest BCUT2D eigenvalue weighted by molar-refractivity contribution is 6.30. The van der Waals surface area contributed by atoms with Gasteiger partial charge in [-0.05, 0) is 30.5 Å². The number of piperazine rings is 1. The number of benzene rings is 1. The van der Waals surface area contributed by atoms with Gasteiger partial charge in [-0.15, -0.1) is 0 Å². The van der Waals surface area contributed by atoms with Crippen molar-refractivity contribution in [3.05, 3.63) is 34.9 Å². The van der Waals surface area contributed by atoms with E-state index < -0.39 is 0 Å². The highest BCUT2D eigenvalue weighted by Crippen LogP contribution is 2.12. The normalized spacial score (nSPS) is 19.5. The van der Waals surface area contributed by atoms with Crippen LogP contribution in [0.15, 0.2) is 24.3 Å². The molecule has 2 amide bonds. The molecule has 5 heteroatoms. The van der Waals surface area contributed by atoms with E-state index in [0.717, 1.165) is 12.0 Å². The molecule has 0 aliphatic carbocycles. The zero-order valence-corrected chi connectivity index (χ0v) is 11.6. The van der Waals surface area contributed by atoms with Crippen LogP contribution in [0.3, 0.4) is 0 Å². The maximum absolute atomic E-state index is 12.1. The van der Waals surface area contributed by atoms with Gasteiger partial charge in [0.25, 0.3) is 0 Å². The first-order valence-electron chi connectivity index (χ1n) is 6.42. The Morgan fingerprint density at radius 3 is 2.63 bits per heavy atom. The molecule has 0 saturated carbocycles. The van der Waals surface area contributed by atoms with Crippen LogP contribution in [0.1, 0.15) is 18.9 Å². The van der Waals surface area contributed by atoms with Crippen molar-refractivity contribution in [1.29, 1.82) is 0 Å². The molecule has 1 aliphatic heterocycles. The van der Waals surface area contributed by atoms with E-state index in [1.807, 2.05) is 31.2 Å². The van der Waals surface area contributed by atoms with Gasteiger partial charge in [-0.3, -0.25) is 9.59 Å². The summed E-state index contributed by atoms with van der Waals surface area (Å²) in [6, 6.07) is 7.17. The van der Waals surface area contributed by atoms with Gasteiger partial charge in [-0.2, -0.15) is 0 Å². The molecular weight excluding hydrogens is 264 g/mol. The molecule has 1 N–H and O–H groups in total. The minimum absolute atomic E-state index is 0.0102. The van der Waals surface area contributed by atoms with Gasteiger partial charge in [0, 0.05) is 11.6 Å². The monoisotopic (exact) mass is 280 g/mol. The summed E-state index contributed by atoms with van der Waals surface area (Å²) in [5.74, 6) is -0.0707. The van der Waals surface area contributed by atoms with E-state index in [1.54, 1.807) is 4.90 Å². The van der Waals surface area contributed by atoms with Gasteiger partial charge in [0.2, 0.25) is 11.8 Å². The number of carbonyl (C=O) groups excluding carboxylic acids is 2. The molecule has 1 unspecified atom stereocenters. The molecular formula is C14H17ClN2O2. The predicted molar refractivity (Wildman–Crippen MR) is 74.0 cm³/mol. The van der Waals surface area contributed by atoms with E-state index in [0.29, 0.717) is 18.0 Å². The summed E-state index contributed by atoms with van der Waals surface area (Å²) >= 11 is 5.82. The van der Waals surface area contributed by atoms with Crippen molar-refractivity contribution in [3.63, 3.8) is 0 Å². The van der Waals surface area contributed by atoms with E-state index >= 15 is 0 Å². The average molecular weight is 281 g/mol. The number of halogens is 1. The van der Waals surface area contributed by atoms with Gasteiger partial charge in [0.05, 0.1) is 6.54 Å². The molecule has 1 saturated heterocycles. The molecule has 102 valence electrons. The van der Waals surface area contributed by atoms with Crippen molar-refractivity contribution in [3.8, 4) is 0 Å². The minimum atomic E-state index is -0.369. The summed E-state index contributed by atoms with van der Waals surface area (Å²) in [6.07, 6.45) is 1.36. The van der Waals surface area contributed by atoms with E-state index in [4.69, 9.17) is 11.6 Å². The second kappa shape index (κ2) is 6.06. The van der Waals surface area contributed by atoms with Crippen molar-refractivity contribution < 1.29 is 9.59 Å². The Labute approximate surface area is 117 Å². The van der Waals surface area contributed by atoms with Crippen molar-refractivity contribution in [2.24, 2.45) is 0 Å². The first kappa shape index (κ1) is 13.9.